The molecule has 0 bridgehead atoms. The van der Waals surface area contributed by atoms with Crippen molar-refractivity contribution in [2.24, 2.45) is 0 Å². The van der Waals surface area contributed by atoms with Crippen LogP contribution in [0.15, 0.2) is 47.3 Å². The molecule has 0 saturated heterocycles. The molecule has 1 aromatic heterocycles. The smallest absolute Gasteiger partial charge is 0.306 e. The Morgan fingerprint density at radius 2 is 1.52 bits per heavy atom. The zero-order chi connectivity index (χ0) is 22.3. The Morgan fingerprint density at radius 1 is 0.871 bits per heavy atom. The number of halogens is 4. The quantitative estimate of drug-likeness (QED) is 0.325. The highest BCUT2D eigenvalue weighted by Gasteiger charge is 2.25. The van der Waals surface area contributed by atoms with Crippen LogP contribution in [0.25, 0.3) is 22.3 Å². The van der Waals surface area contributed by atoms with Crippen LogP contribution in [0.5, 0.6) is 0 Å². The van der Waals surface area contributed by atoms with E-state index in [0.717, 1.165) is 49.7 Å². The number of hydrogen-bond donors (Lipinski definition) is 1. The number of nitrogens with zero attached hydrogens (tertiary/aromatic N) is 1. The minimum Gasteiger partial charge on any atom is -0.306 e. The second kappa shape index (κ2) is 10.8. The molecule has 2 aromatic carbocycles. The van der Waals surface area contributed by atoms with Crippen LogP contribution in [0.1, 0.15) is 56.9 Å². The summed E-state index contributed by atoms with van der Waals surface area (Å²) in [5.74, 6) is 0.511. The summed E-state index contributed by atoms with van der Waals surface area (Å²) in [6, 6.07) is 12.9. The molecule has 0 aliphatic heterocycles. The topological polar surface area (TPSA) is 45.8 Å². The van der Waals surface area contributed by atoms with E-state index in [0.29, 0.717) is 28.2 Å². The Kier molecular flexibility index (Phi) is 8.13. The zero-order valence-corrected chi connectivity index (χ0v) is 18.0. The minimum atomic E-state index is -4.03. The fourth-order valence-electron chi connectivity index (χ4n) is 3.62. The number of H-pyrrole nitrogens is 1. The van der Waals surface area contributed by atoms with E-state index in [4.69, 9.17) is 11.6 Å². The molecule has 3 nitrogen and oxygen atoms in total. The van der Waals surface area contributed by atoms with E-state index >= 15 is 0 Å². The monoisotopic (exact) mass is 450 g/mol. The van der Waals surface area contributed by atoms with Crippen molar-refractivity contribution in [3.8, 4) is 11.4 Å². The van der Waals surface area contributed by atoms with Crippen molar-refractivity contribution in [2.75, 3.05) is 0 Å². The number of unbranched alkanes of at least 4 members (excludes halogenated alkanes) is 6. The maximum absolute atomic E-state index is 12.4. The Hall–Kier alpha value is -2.34. The molecule has 3 aromatic rings. The van der Waals surface area contributed by atoms with Gasteiger partial charge in [-0.15, -0.1) is 0 Å². The number of aromatic amines is 1. The molecule has 1 heterocycles. The molecule has 166 valence electrons. The van der Waals surface area contributed by atoms with Gasteiger partial charge in [-0.3, -0.25) is 4.79 Å². The Labute approximate surface area is 184 Å². The summed E-state index contributed by atoms with van der Waals surface area (Å²) in [6.07, 6.45) is 1.93. The van der Waals surface area contributed by atoms with Gasteiger partial charge >= 0.3 is 6.18 Å². The highest BCUT2D eigenvalue weighted by Crippen LogP contribution is 2.23. The van der Waals surface area contributed by atoms with E-state index < -0.39 is 12.6 Å². The molecule has 31 heavy (non-hydrogen) atoms. The zero-order valence-electron chi connectivity index (χ0n) is 17.3. The lowest BCUT2D eigenvalue weighted by molar-refractivity contribution is -0.135. The first kappa shape index (κ1) is 23.3. The van der Waals surface area contributed by atoms with E-state index in [1.54, 1.807) is 12.1 Å². The summed E-state index contributed by atoms with van der Waals surface area (Å²) >= 11 is 5.93. The van der Waals surface area contributed by atoms with Crippen LogP contribution in [0.3, 0.4) is 0 Å². The van der Waals surface area contributed by atoms with E-state index in [1.807, 2.05) is 30.3 Å². The normalized spacial score (nSPS) is 11.9. The molecular weight excluding hydrogens is 425 g/mol. The average molecular weight is 451 g/mol. The summed E-state index contributed by atoms with van der Waals surface area (Å²) < 4.78 is 36.3. The third-order valence-corrected chi connectivity index (χ3v) is 5.57. The van der Waals surface area contributed by atoms with Crippen molar-refractivity contribution >= 4 is 22.5 Å². The number of alkyl halides is 3. The second-order valence-electron chi connectivity index (χ2n) is 7.86. The lowest BCUT2D eigenvalue weighted by Crippen LogP contribution is -2.09. The summed E-state index contributed by atoms with van der Waals surface area (Å²) in [6.45, 7) is 0. The maximum Gasteiger partial charge on any atom is 0.389 e. The third kappa shape index (κ3) is 7.39. The third-order valence-electron chi connectivity index (χ3n) is 5.31. The molecular formula is C24H26ClF3N2O. The van der Waals surface area contributed by atoms with Gasteiger partial charge < -0.3 is 4.98 Å². The van der Waals surface area contributed by atoms with Crippen LogP contribution in [0, 0.1) is 0 Å². The van der Waals surface area contributed by atoms with Gasteiger partial charge in [0.15, 0.2) is 0 Å². The highest BCUT2D eigenvalue weighted by molar-refractivity contribution is 6.30. The van der Waals surface area contributed by atoms with Gasteiger partial charge in [0, 0.05) is 17.0 Å². The van der Waals surface area contributed by atoms with Crippen molar-refractivity contribution < 1.29 is 13.2 Å². The van der Waals surface area contributed by atoms with Crippen LogP contribution in [0.4, 0.5) is 13.2 Å². The molecule has 0 amide bonds. The number of aryl methyl sites for hydroxylation is 1. The van der Waals surface area contributed by atoms with Crippen molar-refractivity contribution in [3.05, 3.63) is 63.4 Å². The van der Waals surface area contributed by atoms with Gasteiger partial charge in [0.2, 0.25) is 0 Å². The van der Waals surface area contributed by atoms with Crippen molar-refractivity contribution in [1.82, 2.24) is 9.97 Å². The molecule has 0 atom stereocenters. The largest absolute Gasteiger partial charge is 0.389 e. The van der Waals surface area contributed by atoms with Crippen molar-refractivity contribution in [2.45, 2.75) is 64.0 Å². The lowest BCUT2D eigenvalue weighted by Gasteiger charge is -2.07. The number of aromatic nitrogens is 2. The Morgan fingerprint density at radius 3 is 2.19 bits per heavy atom. The van der Waals surface area contributed by atoms with E-state index in [-0.39, 0.29) is 12.0 Å². The second-order valence-corrected chi connectivity index (χ2v) is 8.30. The molecule has 3 rings (SSSR count). The van der Waals surface area contributed by atoms with Gasteiger partial charge in [-0.2, -0.15) is 13.2 Å². The van der Waals surface area contributed by atoms with Crippen LogP contribution in [-0.2, 0) is 6.42 Å². The van der Waals surface area contributed by atoms with Gasteiger partial charge in [0.05, 0.1) is 10.9 Å². The fourth-order valence-corrected chi connectivity index (χ4v) is 3.75. The Bertz CT molecular complexity index is 1050. The van der Waals surface area contributed by atoms with Crippen LogP contribution in [0.2, 0.25) is 5.02 Å². The minimum absolute atomic E-state index is 0.174. The van der Waals surface area contributed by atoms with Crippen molar-refractivity contribution in [1.29, 1.82) is 0 Å². The predicted octanol–water partition coefficient (Wildman–Crippen LogP) is 7.47. The van der Waals surface area contributed by atoms with Gasteiger partial charge in [0.1, 0.15) is 5.82 Å². The first-order valence-electron chi connectivity index (χ1n) is 10.7. The molecule has 0 fully saturated rings. The number of hydrogen-bond acceptors (Lipinski definition) is 2. The maximum atomic E-state index is 12.4. The number of rotatable bonds is 10. The number of benzene rings is 2. The highest BCUT2D eigenvalue weighted by atomic mass is 35.5. The van der Waals surface area contributed by atoms with E-state index in [9.17, 15) is 18.0 Å². The van der Waals surface area contributed by atoms with Crippen molar-refractivity contribution in [3.63, 3.8) is 0 Å². The summed E-state index contributed by atoms with van der Waals surface area (Å²) in [4.78, 5) is 19.9. The first-order chi connectivity index (χ1) is 14.8. The SMILES string of the molecule is O=c1[nH]c(-c2ccc(Cl)cc2)nc2cc(CCCCCCCCCC(F)(F)F)ccc12. The van der Waals surface area contributed by atoms with E-state index in [1.165, 1.54) is 0 Å². The van der Waals surface area contributed by atoms with Crippen LogP contribution >= 0.6 is 11.6 Å². The summed E-state index contributed by atoms with van der Waals surface area (Å²) in [5.41, 5.74) is 2.41. The molecule has 0 saturated carbocycles. The van der Waals surface area contributed by atoms with Crippen LogP contribution < -0.4 is 5.56 Å². The number of nitrogens with one attached hydrogen (secondary N) is 1. The van der Waals surface area contributed by atoms with Gasteiger partial charge in [-0.05, 0) is 61.2 Å². The standard InChI is InChI=1S/C24H26ClF3N2O/c25-19-12-10-18(11-13-19)22-29-21-16-17(9-14-20(21)23(31)30-22)8-6-4-2-1-3-5-7-15-24(26,27)28/h9-14,16H,1-8,15H2,(H,29,30,31). The van der Waals surface area contributed by atoms with Crippen LogP contribution in [-0.4, -0.2) is 16.1 Å². The molecule has 7 heteroatoms. The number of fused-ring (bicyclic) bond motifs is 1. The fraction of sp³-hybridized carbons (Fsp3) is 0.417. The molecule has 1 N–H and O–H groups in total. The van der Waals surface area contributed by atoms with Gasteiger partial charge in [-0.1, -0.05) is 49.8 Å². The summed E-state index contributed by atoms with van der Waals surface area (Å²) in [7, 11) is 0. The Balaban J connectivity index is 1.50. The summed E-state index contributed by atoms with van der Waals surface area (Å²) in [5, 5.41) is 1.18. The molecule has 0 spiro atoms. The average Bonchev–Trinajstić information content (AvgIpc) is 2.72. The lowest BCUT2D eigenvalue weighted by atomic mass is 10.0. The van der Waals surface area contributed by atoms with E-state index in [2.05, 4.69) is 9.97 Å². The molecule has 0 radical (unpaired) electrons. The van der Waals surface area contributed by atoms with Gasteiger partial charge in [0.25, 0.3) is 5.56 Å². The first-order valence-corrected chi connectivity index (χ1v) is 11.1. The predicted molar refractivity (Wildman–Crippen MR) is 120 cm³/mol. The van der Waals surface area contributed by atoms with Gasteiger partial charge in [-0.25, -0.2) is 4.98 Å². The molecule has 0 aliphatic carbocycles. The molecule has 0 unspecified atom stereocenters. The molecule has 0 aliphatic rings.